The summed E-state index contributed by atoms with van der Waals surface area (Å²) < 4.78 is 44.8. The van der Waals surface area contributed by atoms with E-state index in [1.807, 2.05) is 6.92 Å². The van der Waals surface area contributed by atoms with Crippen molar-refractivity contribution in [2.75, 3.05) is 0 Å². The molecule has 0 radical (unpaired) electrons. The highest BCUT2D eigenvalue weighted by molar-refractivity contribution is 5.90. The molecule has 5 nitrogen and oxygen atoms in total. The number of halogens is 3. The van der Waals surface area contributed by atoms with Gasteiger partial charge in [0.05, 0.1) is 0 Å². The monoisotopic (exact) mass is 344 g/mol. The van der Waals surface area contributed by atoms with Crippen LogP contribution in [0, 0.1) is 0 Å². The molecule has 0 fully saturated rings. The van der Waals surface area contributed by atoms with Gasteiger partial charge in [0.25, 0.3) is 11.6 Å². The third kappa shape index (κ3) is 3.38. The predicted octanol–water partition coefficient (Wildman–Crippen LogP) is 2.88. The second kappa shape index (κ2) is 6.43. The Kier molecular flexibility index (Phi) is 4.89. The molecule has 1 heterocycles. The lowest BCUT2D eigenvalue weighted by atomic mass is 10.1. The van der Waals surface area contributed by atoms with E-state index in [2.05, 4.69) is 5.10 Å². The SMILES string of the molecule is CCc1ccc(O[C@H](C)C(=O)N2N=C(C)C[C@@]2(O)C(F)(F)F)cc1. The maximum atomic E-state index is 13.1. The van der Waals surface area contributed by atoms with Crippen molar-refractivity contribution in [2.24, 2.45) is 5.10 Å². The van der Waals surface area contributed by atoms with Crippen molar-refractivity contribution in [3.63, 3.8) is 0 Å². The first kappa shape index (κ1) is 18.3. The molecule has 0 bridgehead atoms. The number of ether oxygens (including phenoxy) is 1. The number of nitrogens with zero attached hydrogens (tertiary/aromatic N) is 2. The molecule has 1 aliphatic heterocycles. The zero-order valence-electron chi connectivity index (χ0n) is 13.6. The van der Waals surface area contributed by atoms with E-state index in [-0.39, 0.29) is 10.7 Å². The smallest absolute Gasteiger partial charge is 0.438 e. The number of aliphatic hydroxyl groups is 1. The minimum absolute atomic E-state index is 0.0164. The molecule has 1 aromatic rings. The van der Waals surface area contributed by atoms with Gasteiger partial charge in [-0.05, 0) is 38.0 Å². The Morgan fingerprint density at radius 2 is 2.00 bits per heavy atom. The standard InChI is InChI=1S/C16H19F3N2O3/c1-4-12-5-7-13(8-6-12)24-11(3)14(22)21-15(23,16(17,18)19)9-10(2)20-21/h5-8,11,23H,4,9H2,1-3H3/t11-,15-/m1/s1. The third-order valence-electron chi connectivity index (χ3n) is 3.78. The van der Waals surface area contributed by atoms with Gasteiger partial charge in [-0.25, -0.2) is 0 Å². The number of benzene rings is 1. The predicted molar refractivity (Wildman–Crippen MR) is 81.5 cm³/mol. The molecular weight excluding hydrogens is 325 g/mol. The minimum atomic E-state index is -5.02. The van der Waals surface area contributed by atoms with Crippen molar-refractivity contribution in [3.8, 4) is 5.75 Å². The highest BCUT2D eigenvalue weighted by Crippen LogP contribution is 2.40. The normalized spacial score (nSPS) is 22.3. The molecule has 132 valence electrons. The summed E-state index contributed by atoms with van der Waals surface area (Å²) in [6.45, 7) is 4.61. The van der Waals surface area contributed by atoms with Crippen LogP contribution in [0.3, 0.4) is 0 Å². The van der Waals surface area contributed by atoms with Crippen LogP contribution in [0.1, 0.15) is 32.8 Å². The van der Waals surface area contributed by atoms with Gasteiger partial charge >= 0.3 is 6.18 Å². The van der Waals surface area contributed by atoms with Crippen LogP contribution < -0.4 is 4.74 Å². The third-order valence-corrected chi connectivity index (χ3v) is 3.78. The molecule has 24 heavy (non-hydrogen) atoms. The first-order valence-electron chi connectivity index (χ1n) is 7.51. The van der Waals surface area contributed by atoms with E-state index in [4.69, 9.17) is 4.74 Å². The molecule has 1 aromatic carbocycles. The van der Waals surface area contributed by atoms with Gasteiger partial charge in [-0.15, -0.1) is 0 Å². The van der Waals surface area contributed by atoms with Crippen LogP contribution >= 0.6 is 0 Å². The first-order chi connectivity index (χ1) is 11.1. The van der Waals surface area contributed by atoms with Gasteiger partial charge in [-0.2, -0.15) is 23.3 Å². The quantitative estimate of drug-likeness (QED) is 0.914. The second-order valence-electron chi connectivity index (χ2n) is 5.73. The Bertz CT molecular complexity index is 643. The summed E-state index contributed by atoms with van der Waals surface area (Å²) in [4.78, 5) is 12.3. The fourth-order valence-electron chi connectivity index (χ4n) is 2.40. The number of amides is 1. The Balaban J connectivity index is 2.16. The zero-order valence-corrected chi connectivity index (χ0v) is 13.6. The lowest BCUT2D eigenvalue weighted by Gasteiger charge is -2.33. The van der Waals surface area contributed by atoms with Crippen LogP contribution in [0.4, 0.5) is 13.2 Å². The number of carbonyl (C=O) groups is 1. The molecule has 0 saturated carbocycles. The number of hydrogen-bond donors (Lipinski definition) is 1. The summed E-state index contributed by atoms with van der Waals surface area (Å²) in [5.41, 5.74) is -2.26. The molecule has 0 aromatic heterocycles. The van der Waals surface area contributed by atoms with E-state index < -0.39 is 30.3 Å². The highest BCUT2D eigenvalue weighted by atomic mass is 19.4. The van der Waals surface area contributed by atoms with Crippen molar-refractivity contribution in [1.82, 2.24) is 5.01 Å². The van der Waals surface area contributed by atoms with Gasteiger partial charge < -0.3 is 9.84 Å². The topological polar surface area (TPSA) is 62.1 Å². The number of hydrogen-bond acceptors (Lipinski definition) is 4. The van der Waals surface area contributed by atoms with Crippen LogP contribution in [0.25, 0.3) is 0 Å². The molecule has 0 aliphatic carbocycles. The highest BCUT2D eigenvalue weighted by Gasteiger charge is 2.63. The van der Waals surface area contributed by atoms with E-state index in [0.29, 0.717) is 5.75 Å². The van der Waals surface area contributed by atoms with Crippen LogP contribution in [-0.2, 0) is 11.2 Å². The summed E-state index contributed by atoms with van der Waals surface area (Å²) >= 11 is 0. The van der Waals surface area contributed by atoms with Gasteiger partial charge in [0, 0.05) is 12.1 Å². The summed E-state index contributed by atoms with van der Waals surface area (Å²) in [6.07, 6.45) is -6.21. The first-order valence-corrected chi connectivity index (χ1v) is 7.51. The fraction of sp³-hybridized carbons (Fsp3) is 0.500. The largest absolute Gasteiger partial charge is 0.481 e. The molecule has 1 aliphatic rings. The van der Waals surface area contributed by atoms with Crippen molar-refractivity contribution in [2.45, 2.75) is 51.6 Å². The van der Waals surface area contributed by atoms with Crippen LogP contribution in [0.2, 0.25) is 0 Å². The summed E-state index contributed by atoms with van der Waals surface area (Å²) in [5.74, 6) is -0.713. The number of hydrazone groups is 1. The van der Waals surface area contributed by atoms with Crippen molar-refractivity contribution < 1.29 is 27.8 Å². The molecule has 1 N–H and O–H groups in total. The average Bonchev–Trinajstić information content (AvgIpc) is 2.83. The molecule has 0 unspecified atom stereocenters. The Labute approximate surface area is 137 Å². The van der Waals surface area contributed by atoms with Gasteiger partial charge in [0.15, 0.2) is 6.10 Å². The molecule has 2 rings (SSSR count). The lowest BCUT2D eigenvalue weighted by Crippen LogP contribution is -2.58. The molecule has 0 saturated heterocycles. The van der Waals surface area contributed by atoms with E-state index in [9.17, 15) is 23.1 Å². The Morgan fingerprint density at radius 3 is 2.50 bits per heavy atom. The molecular formula is C16H19F3N2O3. The van der Waals surface area contributed by atoms with Crippen molar-refractivity contribution in [1.29, 1.82) is 0 Å². The van der Waals surface area contributed by atoms with E-state index in [0.717, 1.165) is 12.0 Å². The second-order valence-corrected chi connectivity index (χ2v) is 5.73. The zero-order chi connectivity index (χ0) is 18.1. The number of aryl methyl sites for hydroxylation is 1. The number of carbonyl (C=O) groups excluding carboxylic acids is 1. The summed E-state index contributed by atoms with van der Waals surface area (Å²) in [7, 11) is 0. The van der Waals surface area contributed by atoms with Gasteiger partial charge in [0.2, 0.25) is 0 Å². The van der Waals surface area contributed by atoms with E-state index >= 15 is 0 Å². The lowest BCUT2D eigenvalue weighted by molar-refractivity contribution is -0.303. The fourth-order valence-corrected chi connectivity index (χ4v) is 2.40. The average molecular weight is 344 g/mol. The molecule has 1 amide bonds. The molecule has 8 heteroatoms. The Hall–Kier alpha value is -2.09. The summed E-state index contributed by atoms with van der Waals surface area (Å²) in [6, 6.07) is 6.88. The van der Waals surface area contributed by atoms with Gasteiger partial charge in [0.1, 0.15) is 5.75 Å². The van der Waals surface area contributed by atoms with Crippen molar-refractivity contribution >= 4 is 11.6 Å². The van der Waals surface area contributed by atoms with Crippen LogP contribution in [0.15, 0.2) is 29.4 Å². The van der Waals surface area contributed by atoms with Gasteiger partial charge in [-0.1, -0.05) is 19.1 Å². The maximum absolute atomic E-state index is 13.1. The van der Waals surface area contributed by atoms with E-state index in [1.165, 1.54) is 13.8 Å². The molecule has 0 spiro atoms. The summed E-state index contributed by atoms with van der Waals surface area (Å²) in [5, 5.41) is 13.5. The molecule has 2 atom stereocenters. The van der Waals surface area contributed by atoms with Crippen LogP contribution in [0.5, 0.6) is 5.75 Å². The minimum Gasteiger partial charge on any atom is -0.481 e. The maximum Gasteiger partial charge on any atom is 0.438 e. The van der Waals surface area contributed by atoms with Crippen molar-refractivity contribution in [3.05, 3.63) is 29.8 Å². The number of alkyl halides is 3. The number of rotatable bonds is 4. The van der Waals surface area contributed by atoms with E-state index in [1.54, 1.807) is 24.3 Å². The Morgan fingerprint density at radius 1 is 1.42 bits per heavy atom. The van der Waals surface area contributed by atoms with Gasteiger partial charge in [-0.3, -0.25) is 4.79 Å². The van der Waals surface area contributed by atoms with Crippen LogP contribution in [-0.4, -0.2) is 39.7 Å².